The molecule has 144 valence electrons. The minimum Gasteiger partial charge on any atom is -0.460 e. The number of carbonyl (C=O) groups excluding carboxylic acids is 1. The van der Waals surface area contributed by atoms with Crippen molar-refractivity contribution in [1.29, 1.82) is 0 Å². The van der Waals surface area contributed by atoms with Gasteiger partial charge < -0.3 is 4.74 Å². The Kier molecular flexibility index (Phi) is 14.5. The lowest BCUT2D eigenvalue weighted by Gasteiger charge is -2.24. The zero-order valence-corrected chi connectivity index (χ0v) is 17.3. The summed E-state index contributed by atoms with van der Waals surface area (Å²) in [6.45, 7) is 10.4. The van der Waals surface area contributed by atoms with Crippen LogP contribution >= 0.6 is 0 Å². The first-order valence-electron chi connectivity index (χ1n) is 10.6. The van der Waals surface area contributed by atoms with Crippen LogP contribution < -0.4 is 0 Å². The van der Waals surface area contributed by atoms with Crippen LogP contribution in [0.15, 0.2) is 0 Å². The zero-order chi connectivity index (χ0) is 18.3. The standard InChI is InChI=1S/C22H44O2/c1-6-8-10-11-12-13-14-15-17-19-20(18-16-9-7-2)21(23)24-22(3,4)5/h20H,6-19H2,1-5H3. The summed E-state index contributed by atoms with van der Waals surface area (Å²) in [5.41, 5.74) is -0.363. The van der Waals surface area contributed by atoms with Crippen LogP contribution in [0.25, 0.3) is 0 Å². The second-order valence-electron chi connectivity index (χ2n) is 8.34. The van der Waals surface area contributed by atoms with Crippen molar-refractivity contribution in [3.05, 3.63) is 0 Å². The van der Waals surface area contributed by atoms with Crippen LogP contribution in [0.3, 0.4) is 0 Å². The molecule has 0 bridgehead atoms. The Morgan fingerprint density at radius 1 is 0.708 bits per heavy atom. The number of hydrogen-bond acceptors (Lipinski definition) is 2. The fourth-order valence-electron chi connectivity index (χ4n) is 3.11. The summed E-state index contributed by atoms with van der Waals surface area (Å²) < 4.78 is 5.62. The Bertz CT molecular complexity index is 291. The minimum absolute atomic E-state index is 0.0261. The van der Waals surface area contributed by atoms with Gasteiger partial charge in [-0.3, -0.25) is 4.79 Å². The second-order valence-corrected chi connectivity index (χ2v) is 8.34. The van der Waals surface area contributed by atoms with E-state index in [-0.39, 0.29) is 17.5 Å². The summed E-state index contributed by atoms with van der Waals surface area (Å²) >= 11 is 0. The number of ether oxygens (including phenoxy) is 1. The summed E-state index contributed by atoms with van der Waals surface area (Å²) in [6, 6.07) is 0. The molecule has 0 heterocycles. The third-order valence-corrected chi connectivity index (χ3v) is 4.55. The number of carbonyl (C=O) groups is 1. The second kappa shape index (κ2) is 14.8. The first-order chi connectivity index (χ1) is 11.4. The van der Waals surface area contributed by atoms with Gasteiger partial charge >= 0.3 is 5.97 Å². The van der Waals surface area contributed by atoms with Gasteiger partial charge in [0.15, 0.2) is 0 Å². The summed E-state index contributed by atoms with van der Waals surface area (Å²) in [5, 5.41) is 0. The zero-order valence-electron chi connectivity index (χ0n) is 17.3. The molecule has 0 fully saturated rings. The lowest BCUT2D eigenvalue weighted by Crippen LogP contribution is -2.28. The van der Waals surface area contributed by atoms with Gasteiger partial charge in [0.05, 0.1) is 5.92 Å². The molecule has 0 aliphatic heterocycles. The predicted molar refractivity (Wildman–Crippen MR) is 105 cm³/mol. The molecule has 0 aromatic rings. The van der Waals surface area contributed by atoms with Gasteiger partial charge in [0.25, 0.3) is 0 Å². The lowest BCUT2D eigenvalue weighted by atomic mass is 9.94. The van der Waals surface area contributed by atoms with Gasteiger partial charge in [-0.15, -0.1) is 0 Å². The van der Waals surface area contributed by atoms with Gasteiger partial charge in [0.1, 0.15) is 5.60 Å². The van der Waals surface area contributed by atoms with E-state index in [9.17, 15) is 4.79 Å². The summed E-state index contributed by atoms with van der Waals surface area (Å²) in [7, 11) is 0. The van der Waals surface area contributed by atoms with Gasteiger partial charge in [-0.05, 0) is 33.6 Å². The topological polar surface area (TPSA) is 26.3 Å². The molecule has 0 spiro atoms. The Balaban J connectivity index is 3.93. The predicted octanol–water partition coefficient (Wildman–Crippen LogP) is 7.45. The van der Waals surface area contributed by atoms with Crippen LogP contribution in [0.5, 0.6) is 0 Å². The molecule has 0 saturated carbocycles. The molecule has 0 aromatic carbocycles. The van der Waals surface area contributed by atoms with Crippen LogP contribution in [-0.2, 0) is 9.53 Å². The molecule has 24 heavy (non-hydrogen) atoms. The number of esters is 1. The van der Waals surface area contributed by atoms with Crippen LogP contribution in [-0.4, -0.2) is 11.6 Å². The number of hydrogen-bond donors (Lipinski definition) is 0. The third kappa shape index (κ3) is 15.0. The normalized spacial score (nSPS) is 13.0. The van der Waals surface area contributed by atoms with Crippen molar-refractivity contribution in [3.63, 3.8) is 0 Å². The summed E-state index contributed by atoms with van der Waals surface area (Å²) in [5.74, 6) is 0.137. The highest BCUT2D eigenvalue weighted by atomic mass is 16.6. The van der Waals surface area contributed by atoms with Crippen LogP contribution in [0.4, 0.5) is 0 Å². The van der Waals surface area contributed by atoms with E-state index in [1.165, 1.54) is 70.6 Å². The van der Waals surface area contributed by atoms with E-state index in [4.69, 9.17) is 4.74 Å². The highest BCUT2D eigenvalue weighted by molar-refractivity contribution is 5.72. The van der Waals surface area contributed by atoms with Crippen LogP contribution in [0.1, 0.15) is 125 Å². The minimum atomic E-state index is -0.363. The quantitative estimate of drug-likeness (QED) is 0.228. The largest absolute Gasteiger partial charge is 0.460 e. The van der Waals surface area contributed by atoms with Crippen LogP contribution in [0, 0.1) is 5.92 Å². The smallest absolute Gasteiger partial charge is 0.309 e. The van der Waals surface area contributed by atoms with Crippen molar-refractivity contribution in [2.45, 2.75) is 130 Å². The van der Waals surface area contributed by atoms with E-state index in [2.05, 4.69) is 13.8 Å². The average Bonchev–Trinajstić information content (AvgIpc) is 2.50. The fraction of sp³-hybridized carbons (Fsp3) is 0.955. The molecule has 1 unspecified atom stereocenters. The van der Waals surface area contributed by atoms with E-state index in [1.807, 2.05) is 20.8 Å². The van der Waals surface area contributed by atoms with Crippen molar-refractivity contribution in [1.82, 2.24) is 0 Å². The molecule has 0 aliphatic carbocycles. The Hall–Kier alpha value is -0.530. The van der Waals surface area contributed by atoms with Gasteiger partial charge in [-0.25, -0.2) is 0 Å². The molecule has 0 aromatic heterocycles. The van der Waals surface area contributed by atoms with Crippen molar-refractivity contribution in [2.24, 2.45) is 5.92 Å². The molecular formula is C22H44O2. The van der Waals surface area contributed by atoms with E-state index < -0.39 is 0 Å². The van der Waals surface area contributed by atoms with Gasteiger partial charge in [0, 0.05) is 0 Å². The van der Waals surface area contributed by atoms with Crippen molar-refractivity contribution in [3.8, 4) is 0 Å². The summed E-state index contributed by atoms with van der Waals surface area (Å²) in [6.07, 6.45) is 17.6. The van der Waals surface area contributed by atoms with Crippen molar-refractivity contribution >= 4 is 5.97 Å². The van der Waals surface area contributed by atoms with Crippen LogP contribution in [0.2, 0.25) is 0 Å². The highest BCUT2D eigenvalue weighted by Crippen LogP contribution is 2.22. The average molecular weight is 341 g/mol. The molecule has 1 atom stereocenters. The molecule has 2 nitrogen and oxygen atoms in total. The first-order valence-corrected chi connectivity index (χ1v) is 10.6. The maximum Gasteiger partial charge on any atom is 0.309 e. The number of unbranched alkanes of at least 4 members (excludes halogenated alkanes) is 10. The molecular weight excluding hydrogens is 296 g/mol. The Morgan fingerprint density at radius 3 is 1.54 bits per heavy atom. The van der Waals surface area contributed by atoms with Gasteiger partial charge in [-0.2, -0.15) is 0 Å². The number of rotatable bonds is 15. The fourth-order valence-corrected chi connectivity index (χ4v) is 3.11. The van der Waals surface area contributed by atoms with E-state index in [0.29, 0.717) is 0 Å². The lowest BCUT2D eigenvalue weighted by molar-refractivity contribution is -0.160. The van der Waals surface area contributed by atoms with Gasteiger partial charge in [0.2, 0.25) is 0 Å². The first kappa shape index (κ1) is 23.5. The maximum atomic E-state index is 12.4. The molecule has 0 aliphatic rings. The molecule has 2 heteroatoms. The highest BCUT2D eigenvalue weighted by Gasteiger charge is 2.24. The van der Waals surface area contributed by atoms with E-state index in [0.717, 1.165) is 19.3 Å². The molecule has 0 saturated heterocycles. The third-order valence-electron chi connectivity index (χ3n) is 4.55. The summed E-state index contributed by atoms with van der Waals surface area (Å²) in [4.78, 5) is 12.4. The molecule has 0 amide bonds. The molecule has 0 N–H and O–H groups in total. The van der Waals surface area contributed by atoms with Crippen molar-refractivity contribution in [2.75, 3.05) is 0 Å². The maximum absolute atomic E-state index is 12.4. The van der Waals surface area contributed by atoms with Crippen molar-refractivity contribution < 1.29 is 9.53 Å². The Morgan fingerprint density at radius 2 is 1.08 bits per heavy atom. The van der Waals surface area contributed by atoms with E-state index >= 15 is 0 Å². The SMILES string of the molecule is CCCCCCCCCCCC(CCCCC)C(=O)OC(C)(C)C. The Labute approximate surface area is 152 Å². The monoisotopic (exact) mass is 340 g/mol. The molecule has 0 rings (SSSR count). The van der Waals surface area contributed by atoms with Gasteiger partial charge in [-0.1, -0.05) is 90.9 Å². The van der Waals surface area contributed by atoms with E-state index in [1.54, 1.807) is 0 Å². The molecule has 0 radical (unpaired) electrons.